The molecule has 6 nitrogen and oxygen atoms in total. The normalized spacial score (nSPS) is 10.9. The van der Waals surface area contributed by atoms with E-state index in [2.05, 4.69) is 15.3 Å². The lowest BCUT2D eigenvalue weighted by atomic mass is 9.96. The van der Waals surface area contributed by atoms with Crippen molar-refractivity contribution in [2.75, 3.05) is 19.5 Å². The third-order valence-electron chi connectivity index (χ3n) is 4.90. The Labute approximate surface area is 203 Å². The van der Waals surface area contributed by atoms with Crippen LogP contribution in [0.3, 0.4) is 0 Å². The Hall–Kier alpha value is -3.22. The molecule has 8 heteroatoms. The SMILES string of the molecule is C.CN=C(C)c1ccc(C(=O)Cc2c(OC)cc(Cl)cc2C(=O)Nc2ccc(Cl)cn2)cc1. The molecule has 0 aliphatic rings. The number of nitrogens with one attached hydrogen (secondary N) is 1. The highest BCUT2D eigenvalue weighted by Gasteiger charge is 2.21. The summed E-state index contributed by atoms with van der Waals surface area (Å²) in [6, 6.07) is 13.4. The summed E-state index contributed by atoms with van der Waals surface area (Å²) in [4.78, 5) is 34.2. The molecule has 0 aliphatic heterocycles. The number of ketones is 1. The summed E-state index contributed by atoms with van der Waals surface area (Å²) in [5.41, 5.74) is 2.98. The number of hydrogen-bond acceptors (Lipinski definition) is 5. The zero-order chi connectivity index (χ0) is 23.3. The molecular formula is C25H25Cl2N3O3. The minimum atomic E-state index is -0.464. The number of rotatable bonds is 7. The Morgan fingerprint density at radius 3 is 2.27 bits per heavy atom. The number of benzene rings is 2. The van der Waals surface area contributed by atoms with Crippen LogP contribution in [-0.2, 0) is 6.42 Å². The highest BCUT2D eigenvalue weighted by Crippen LogP contribution is 2.29. The fourth-order valence-electron chi connectivity index (χ4n) is 3.10. The number of aromatic nitrogens is 1. The molecule has 1 amide bonds. The molecule has 0 bridgehead atoms. The van der Waals surface area contributed by atoms with Gasteiger partial charge in [0.15, 0.2) is 5.78 Å². The minimum absolute atomic E-state index is 0. The van der Waals surface area contributed by atoms with Gasteiger partial charge in [0.2, 0.25) is 0 Å². The average molecular weight is 486 g/mol. The van der Waals surface area contributed by atoms with Crippen molar-refractivity contribution in [3.63, 3.8) is 0 Å². The maximum atomic E-state index is 13.0. The van der Waals surface area contributed by atoms with Gasteiger partial charge in [0, 0.05) is 47.1 Å². The summed E-state index contributed by atoms with van der Waals surface area (Å²) in [5.74, 6) is 0.0419. The van der Waals surface area contributed by atoms with Crippen molar-refractivity contribution >= 4 is 46.4 Å². The molecule has 0 saturated carbocycles. The lowest BCUT2D eigenvalue weighted by molar-refractivity contribution is 0.0991. The second-order valence-corrected chi connectivity index (χ2v) is 7.81. The third kappa shape index (κ3) is 6.40. The molecule has 33 heavy (non-hydrogen) atoms. The Morgan fingerprint density at radius 1 is 1.03 bits per heavy atom. The molecule has 1 N–H and O–H groups in total. The smallest absolute Gasteiger partial charge is 0.257 e. The quantitative estimate of drug-likeness (QED) is 0.321. The van der Waals surface area contributed by atoms with E-state index in [1.807, 2.05) is 19.1 Å². The summed E-state index contributed by atoms with van der Waals surface area (Å²) in [6.07, 6.45) is 1.38. The summed E-state index contributed by atoms with van der Waals surface area (Å²) in [7, 11) is 3.18. The fourth-order valence-corrected chi connectivity index (χ4v) is 3.42. The Bertz CT molecular complexity index is 1170. The number of pyridine rings is 1. The van der Waals surface area contributed by atoms with Gasteiger partial charge in [0.1, 0.15) is 11.6 Å². The molecule has 1 heterocycles. The number of anilines is 1. The summed E-state index contributed by atoms with van der Waals surface area (Å²) in [6.45, 7) is 1.90. The number of carbonyl (C=O) groups is 2. The van der Waals surface area contributed by atoms with Gasteiger partial charge in [-0.25, -0.2) is 4.98 Å². The van der Waals surface area contributed by atoms with Crippen LogP contribution < -0.4 is 10.1 Å². The van der Waals surface area contributed by atoms with E-state index in [4.69, 9.17) is 27.9 Å². The molecule has 172 valence electrons. The van der Waals surface area contributed by atoms with Gasteiger partial charge in [-0.3, -0.25) is 14.6 Å². The van der Waals surface area contributed by atoms with Crippen LogP contribution in [0, 0.1) is 0 Å². The molecule has 1 aromatic heterocycles. The molecule has 3 rings (SSSR count). The number of amides is 1. The second-order valence-electron chi connectivity index (χ2n) is 6.94. The first kappa shape index (κ1) is 26.0. The number of Topliss-reactive ketones (excluding diaryl/α,β-unsaturated/α-hetero) is 1. The van der Waals surface area contributed by atoms with E-state index in [9.17, 15) is 9.59 Å². The van der Waals surface area contributed by atoms with Crippen molar-refractivity contribution in [2.24, 2.45) is 4.99 Å². The van der Waals surface area contributed by atoms with E-state index in [-0.39, 0.29) is 25.2 Å². The van der Waals surface area contributed by atoms with Gasteiger partial charge in [-0.15, -0.1) is 0 Å². The zero-order valence-electron chi connectivity index (χ0n) is 17.8. The zero-order valence-corrected chi connectivity index (χ0v) is 19.3. The number of carbonyl (C=O) groups excluding carboxylic acids is 2. The standard InChI is InChI=1S/C24H21Cl2N3O3.CH4/c1-14(27-2)15-4-6-16(7-5-15)21(30)12-19-20(10-18(26)11-22(19)32-3)24(31)29-23-9-8-17(25)13-28-23;/h4-11,13H,12H2,1-3H3,(H,28,29,31);1H4. The molecule has 0 aliphatic carbocycles. The van der Waals surface area contributed by atoms with Crippen molar-refractivity contribution < 1.29 is 14.3 Å². The van der Waals surface area contributed by atoms with E-state index < -0.39 is 5.91 Å². The molecule has 0 spiro atoms. The highest BCUT2D eigenvalue weighted by atomic mass is 35.5. The Morgan fingerprint density at radius 2 is 1.70 bits per heavy atom. The van der Waals surface area contributed by atoms with Gasteiger partial charge in [-0.1, -0.05) is 54.9 Å². The first-order valence-corrected chi connectivity index (χ1v) is 10.4. The minimum Gasteiger partial charge on any atom is -0.496 e. The summed E-state index contributed by atoms with van der Waals surface area (Å²) in [5, 5.41) is 3.46. The van der Waals surface area contributed by atoms with Crippen molar-refractivity contribution in [3.05, 3.63) is 87.0 Å². The molecular weight excluding hydrogens is 461 g/mol. The van der Waals surface area contributed by atoms with Crippen LogP contribution in [0.4, 0.5) is 5.82 Å². The molecule has 0 atom stereocenters. The van der Waals surface area contributed by atoms with Gasteiger partial charge in [-0.2, -0.15) is 0 Å². The van der Waals surface area contributed by atoms with Crippen LogP contribution in [0.1, 0.15) is 46.2 Å². The molecule has 0 unspecified atom stereocenters. The maximum absolute atomic E-state index is 13.0. The second kappa shape index (κ2) is 11.6. The Balaban J connectivity index is 0.00000385. The first-order chi connectivity index (χ1) is 15.3. The van der Waals surface area contributed by atoms with Crippen molar-refractivity contribution in [1.29, 1.82) is 0 Å². The van der Waals surface area contributed by atoms with Gasteiger partial charge in [0.05, 0.1) is 12.1 Å². The van der Waals surface area contributed by atoms with Crippen LogP contribution in [0.25, 0.3) is 0 Å². The van der Waals surface area contributed by atoms with Gasteiger partial charge in [0.25, 0.3) is 5.91 Å². The number of aliphatic imine (C=N–C) groups is 1. The van der Waals surface area contributed by atoms with Crippen LogP contribution in [0.2, 0.25) is 10.0 Å². The van der Waals surface area contributed by atoms with Gasteiger partial charge in [-0.05, 0) is 36.8 Å². The first-order valence-electron chi connectivity index (χ1n) is 9.68. The van der Waals surface area contributed by atoms with Gasteiger partial charge >= 0.3 is 0 Å². The topological polar surface area (TPSA) is 80.6 Å². The third-order valence-corrected chi connectivity index (χ3v) is 5.35. The van der Waals surface area contributed by atoms with Gasteiger partial charge < -0.3 is 10.1 Å². The molecule has 0 saturated heterocycles. The van der Waals surface area contributed by atoms with Crippen molar-refractivity contribution in [1.82, 2.24) is 4.98 Å². The van der Waals surface area contributed by atoms with E-state index in [1.54, 1.807) is 37.4 Å². The van der Waals surface area contributed by atoms with Crippen molar-refractivity contribution in [3.8, 4) is 5.75 Å². The van der Waals surface area contributed by atoms with E-state index >= 15 is 0 Å². The number of halogens is 2. The number of nitrogens with zero attached hydrogens (tertiary/aromatic N) is 2. The number of ether oxygens (including phenoxy) is 1. The Kier molecular flexibility index (Phi) is 9.14. The molecule has 2 aromatic carbocycles. The average Bonchev–Trinajstić information content (AvgIpc) is 2.80. The monoisotopic (exact) mass is 485 g/mol. The predicted molar refractivity (Wildman–Crippen MR) is 135 cm³/mol. The molecule has 0 fully saturated rings. The maximum Gasteiger partial charge on any atom is 0.257 e. The largest absolute Gasteiger partial charge is 0.496 e. The van der Waals surface area contributed by atoms with Crippen LogP contribution in [-0.4, -0.2) is 36.5 Å². The lowest BCUT2D eigenvalue weighted by Gasteiger charge is -2.15. The van der Waals surface area contributed by atoms with E-state index in [0.717, 1.165) is 11.3 Å². The lowest BCUT2D eigenvalue weighted by Crippen LogP contribution is -2.17. The fraction of sp³-hybridized carbons (Fsp3) is 0.200. The van der Waals surface area contributed by atoms with Crippen molar-refractivity contribution in [2.45, 2.75) is 20.8 Å². The highest BCUT2D eigenvalue weighted by molar-refractivity contribution is 6.31. The van der Waals surface area contributed by atoms with Crippen LogP contribution in [0.15, 0.2) is 59.7 Å². The number of hydrogen-bond donors (Lipinski definition) is 1. The molecule has 3 aromatic rings. The van der Waals surface area contributed by atoms with Crippen LogP contribution >= 0.6 is 23.2 Å². The molecule has 0 radical (unpaired) electrons. The van der Waals surface area contributed by atoms with E-state index in [0.29, 0.717) is 32.7 Å². The number of methoxy groups -OCH3 is 1. The van der Waals surface area contributed by atoms with Crippen LogP contribution in [0.5, 0.6) is 5.75 Å². The summed E-state index contributed by atoms with van der Waals surface area (Å²) < 4.78 is 5.42. The predicted octanol–water partition coefficient (Wildman–Crippen LogP) is 6.15. The van der Waals surface area contributed by atoms with E-state index in [1.165, 1.54) is 19.4 Å². The summed E-state index contributed by atoms with van der Waals surface area (Å²) >= 11 is 12.0.